The lowest BCUT2D eigenvalue weighted by molar-refractivity contribution is 0.0216. The number of ether oxygens (including phenoxy) is 1. The van der Waals surface area contributed by atoms with Crippen molar-refractivity contribution >= 4 is 17.7 Å². The molecule has 0 saturated carbocycles. The third kappa shape index (κ3) is 4.31. The molecule has 3 rings (SSSR count). The van der Waals surface area contributed by atoms with E-state index in [1.165, 1.54) is 0 Å². The molecular weight excluding hydrogens is 340 g/mol. The highest BCUT2D eigenvalue weighted by molar-refractivity contribution is 6.30. The Bertz CT molecular complexity index is 736. The van der Waals surface area contributed by atoms with E-state index in [0.717, 1.165) is 24.2 Å². The first-order chi connectivity index (χ1) is 11.8. The number of benzene rings is 1. The molecule has 1 amide bonds. The fourth-order valence-electron chi connectivity index (χ4n) is 3.00. The van der Waals surface area contributed by atoms with Gasteiger partial charge in [0.15, 0.2) is 5.82 Å². The van der Waals surface area contributed by atoms with Crippen molar-refractivity contribution < 1.29 is 9.53 Å². The van der Waals surface area contributed by atoms with Crippen molar-refractivity contribution in [3.63, 3.8) is 0 Å². The minimum Gasteiger partial charge on any atom is -0.444 e. The smallest absolute Gasteiger partial charge is 0.410 e. The number of likely N-dealkylation sites (tertiary alicyclic amines) is 1. The molecule has 0 radical (unpaired) electrons. The molecule has 6 nitrogen and oxygen atoms in total. The quantitative estimate of drug-likeness (QED) is 0.826. The Morgan fingerprint density at radius 2 is 2.04 bits per heavy atom. The Hall–Kier alpha value is -2.08. The monoisotopic (exact) mass is 362 g/mol. The predicted octanol–water partition coefficient (Wildman–Crippen LogP) is 4.05. The molecule has 0 N–H and O–H groups in total. The van der Waals surface area contributed by atoms with Gasteiger partial charge in [0.1, 0.15) is 11.9 Å². The van der Waals surface area contributed by atoms with Crippen LogP contribution in [-0.4, -0.2) is 37.9 Å². The van der Waals surface area contributed by atoms with Gasteiger partial charge in [0.25, 0.3) is 0 Å². The van der Waals surface area contributed by atoms with Gasteiger partial charge in [0, 0.05) is 11.6 Å². The number of hydrogen-bond donors (Lipinski definition) is 0. The number of rotatable bonds is 3. The molecule has 1 atom stereocenters. The van der Waals surface area contributed by atoms with Crippen molar-refractivity contribution in [3.05, 3.63) is 47.0 Å². The summed E-state index contributed by atoms with van der Waals surface area (Å²) in [7, 11) is 0. The summed E-state index contributed by atoms with van der Waals surface area (Å²) in [5.41, 5.74) is 0.591. The van der Waals surface area contributed by atoms with Gasteiger partial charge in [-0.05, 0) is 51.3 Å². The van der Waals surface area contributed by atoms with E-state index < -0.39 is 5.60 Å². The van der Waals surface area contributed by atoms with Gasteiger partial charge in [-0.3, -0.25) is 4.90 Å². The van der Waals surface area contributed by atoms with Crippen LogP contribution in [0.15, 0.2) is 30.6 Å². The maximum Gasteiger partial charge on any atom is 0.410 e. The van der Waals surface area contributed by atoms with Crippen LogP contribution in [0.4, 0.5) is 4.79 Å². The number of halogens is 1. The minimum atomic E-state index is -0.513. The molecule has 0 spiro atoms. The normalized spacial score (nSPS) is 17.8. The van der Waals surface area contributed by atoms with Crippen LogP contribution in [0.5, 0.6) is 0 Å². The minimum absolute atomic E-state index is 0.107. The number of hydrogen-bond acceptors (Lipinski definition) is 4. The standard InChI is InChI=1S/C18H23ClN4O2/c1-18(2,3)25-17(24)23-10-4-5-15(23)16-21-20-12-22(16)11-13-6-8-14(19)9-7-13/h6-9,12,15H,4-5,10-11H2,1-3H3. The van der Waals surface area contributed by atoms with Crippen LogP contribution in [0.25, 0.3) is 0 Å². The first kappa shape index (κ1) is 17.7. The number of aromatic nitrogens is 3. The second-order valence-corrected chi connectivity index (χ2v) is 7.71. The van der Waals surface area contributed by atoms with Crippen LogP contribution in [0.1, 0.15) is 51.0 Å². The maximum atomic E-state index is 12.5. The molecule has 1 aromatic carbocycles. The summed E-state index contributed by atoms with van der Waals surface area (Å²) < 4.78 is 7.52. The number of carbonyl (C=O) groups is 1. The van der Waals surface area contributed by atoms with E-state index in [-0.39, 0.29) is 12.1 Å². The van der Waals surface area contributed by atoms with Crippen molar-refractivity contribution in [3.8, 4) is 0 Å². The van der Waals surface area contributed by atoms with Crippen LogP contribution in [0, 0.1) is 0 Å². The molecule has 2 aromatic rings. The van der Waals surface area contributed by atoms with Gasteiger partial charge in [-0.25, -0.2) is 4.79 Å². The zero-order valence-corrected chi connectivity index (χ0v) is 15.5. The summed E-state index contributed by atoms with van der Waals surface area (Å²) in [5.74, 6) is 0.790. The van der Waals surface area contributed by atoms with Gasteiger partial charge < -0.3 is 9.30 Å². The predicted molar refractivity (Wildman–Crippen MR) is 95.5 cm³/mol. The average Bonchev–Trinajstić information content (AvgIpc) is 3.16. The average molecular weight is 363 g/mol. The summed E-state index contributed by atoms with van der Waals surface area (Å²) in [6.45, 7) is 6.93. The molecule has 1 fully saturated rings. The lowest BCUT2D eigenvalue weighted by Crippen LogP contribution is -2.37. The highest BCUT2D eigenvalue weighted by atomic mass is 35.5. The lowest BCUT2D eigenvalue weighted by Gasteiger charge is -2.28. The molecular formula is C18H23ClN4O2. The molecule has 1 unspecified atom stereocenters. The van der Waals surface area contributed by atoms with Crippen molar-refractivity contribution in [1.29, 1.82) is 0 Å². The zero-order chi connectivity index (χ0) is 18.0. The van der Waals surface area contributed by atoms with E-state index in [1.54, 1.807) is 11.2 Å². The fraction of sp³-hybridized carbons (Fsp3) is 0.500. The van der Waals surface area contributed by atoms with Crippen LogP contribution < -0.4 is 0 Å². The van der Waals surface area contributed by atoms with Crippen molar-refractivity contribution in [2.24, 2.45) is 0 Å². The summed E-state index contributed by atoms with van der Waals surface area (Å²) in [5, 5.41) is 9.04. The third-order valence-electron chi connectivity index (χ3n) is 4.09. The zero-order valence-electron chi connectivity index (χ0n) is 14.8. The highest BCUT2D eigenvalue weighted by Crippen LogP contribution is 2.32. The van der Waals surface area contributed by atoms with Crippen LogP contribution >= 0.6 is 11.6 Å². The number of amides is 1. The highest BCUT2D eigenvalue weighted by Gasteiger charge is 2.35. The van der Waals surface area contributed by atoms with E-state index in [1.807, 2.05) is 49.6 Å². The molecule has 1 aliphatic heterocycles. The van der Waals surface area contributed by atoms with Crippen LogP contribution in [-0.2, 0) is 11.3 Å². The molecule has 0 bridgehead atoms. The Balaban J connectivity index is 1.78. The summed E-state index contributed by atoms with van der Waals surface area (Å²) in [6.07, 6.45) is 3.20. The van der Waals surface area contributed by atoms with Gasteiger partial charge in [-0.2, -0.15) is 0 Å². The SMILES string of the molecule is CC(C)(C)OC(=O)N1CCCC1c1nncn1Cc1ccc(Cl)cc1. The van der Waals surface area contributed by atoms with E-state index in [2.05, 4.69) is 10.2 Å². The van der Waals surface area contributed by atoms with Gasteiger partial charge in [-0.1, -0.05) is 23.7 Å². The summed E-state index contributed by atoms with van der Waals surface area (Å²) >= 11 is 5.95. The van der Waals surface area contributed by atoms with E-state index in [0.29, 0.717) is 18.1 Å². The topological polar surface area (TPSA) is 60.2 Å². The Morgan fingerprint density at radius 1 is 1.32 bits per heavy atom. The van der Waals surface area contributed by atoms with Crippen LogP contribution in [0.3, 0.4) is 0 Å². The first-order valence-corrected chi connectivity index (χ1v) is 8.83. The third-order valence-corrected chi connectivity index (χ3v) is 4.34. The number of carbonyl (C=O) groups excluding carboxylic acids is 1. The Morgan fingerprint density at radius 3 is 2.72 bits per heavy atom. The molecule has 0 aliphatic carbocycles. The van der Waals surface area contributed by atoms with E-state index in [4.69, 9.17) is 16.3 Å². The summed E-state index contributed by atoms with van der Waals surface area (Å²) in [6, 6.07) is 7.58. The first-order valence-electron chi connectivity index (χ1n) is 8.45. The molecule has 1 aromatic heterocycles. The lowest BCUT2D eigenvalue weighted by atomic mass is 10.2. The fourth-order valence-corrected chi connectivity index (χ4v) is 3.13. The van der Waals surface area contributed by atoms with E-state index >= 15 is 0 Å². The number of nitrogens with zero attached hydrogens (tertiary/aromatic N) is 4. The van der Waals surface area contributed by atoms with E-state index in [9.17, 15) is 4.79 Å². The van der Waals surface area contributed by atoms with Gasteiger partial charge >= 0.3 is 6.09 Å². The van der Waals surface area contributed by atoms with Crippen molar-refractivity contribution in [1.82, 2.24) is 19.7 Å². The van der Waals surface area contributed by atoms with Crippen molar-refractivity contribution in [2.75, 3.05) is 6.54 Å². The summed E-state index contributed by atoms with van der Waals surface area (Å²) in [4.78, 5) is 14.3. The Kier molecular flexibility index (Phi) is 4.99. The van der Waals surface area contributed by atoms with Gasteiger partial charge in [-0.15, -0.1) is 10.2 Å². The molecule has 134 valence electrons. The molecule has 25 heavy (non-hydrogen) atoms. The maximum absolute atomic E-state index is 12.5. The molecule has 1 aliphatic rings. The molecule has 2 heterocycles. The Labute approximate surface area is 152 Å². The second-order valence-electron chi connectivity index (χ2n) is 7.28. The van der Waals surface area contributed by atoms with Crippen LogP contribution in [0.2, 0.25) is 5.02 Å². The largest absolute Gasteiger partial charge is 0.444 e. The van der Waals surface area contributed by atoms with Gasteiger partial charge in [0.05, 0.1) is 12.6 Å². The molecule has 1 saturated heterocycles. The second kappa shape index (κ2) is 7.04. The molecule has 7 heteroatoms. The van der Waals surface area contributed by atoms with Crippen molar-refractivity contribution in [2.45, 2.75) is 51.8 Å². The van der Waals surface area contributed by atoms with Gasteiger partial charge in [0.2, 0.25) is 0 Å².